The molecule has 112 valence electrons. The molecule has 0 atom stereocenters. The van der Waals surface area contributed by atoms with Crippen LogP contribution in [0.25, 0.3) is 0 Å². The van der Waals surface area contributed by atoms with Gasteiger partial charge >= 0.3 is 66.0 Å². The topological polar surface area (TPSA) is 214 Å². The van der Waals surface area contributed by atoms with Crippen molar-refractivity contribution < 1.29 is 95.2 Å². The number of hydrogen-bond acceptors (Lipinski definition) is 7. The zero-order chi connectivity index (χ0) is 14.9. The van der Waals surface area contributed by atoms with Crippen LogP contribution in [0, 0.1) is 0 Å². The van der Waals surface area contributed by atoms with E-state index in [0.717, 1.165) is 0 Å². The molecule has 0 amide bonds. The molecular formula is C7H14KNO9P2. The van der Waals surface area contributed by atoms with E-state index in [-0.39, 0.29) is 63.1 Å². The van der Waals surface area contributed by atoms with E-state index in [1.54, 1.807) is 12.2 Å². The van der Waals surface area contributed by atoms with Gasteiger partial charge in [0.1, 0.15) is 0 Å². The molecule has 0 fully saturated rings. The third-order valence-corrected chi connectivity index (χ3v) is 1.14. The molecule has 1 aliphatic carbocycles. The van der Waals surface area contributed by atoms with Crippen LogP contribution in [0.4, 0.5) is 0 Å². The first kappa shape index (κ1) is 28.8. The Kier molecular flexibility index (Phi) is 21.1. The van der Waals surface area contributed by atoms with E-state index in [1.165, 1.54) is 6.08 Å². The second-order valence-corrected chi connectivity index (χ2v) is 4.05. The first-order valence-corrected chi connectivity index (χ1v) is 6.62. The smallest absolute Gasteiger partial charge is 0.756 e. The summed E-state index contributed by atoms with van der Waals surface area (Å²) in [6, 6.07) is 0. The molecule has 13 heteroatoms. The number of carboxylic acid groups (broad SMARTS) is 1. The molecule has 0 aromatic rings. The van der Waals surface area contributed by atoms with Crippen molar-refractivity contribution in [2.45, 2.75) is 0 Å². The second-order valence-electron chi connectivity index (χ2n) is 2.53. The molecule has 20 heavy (non-hydrogen) atoms. The Balaban J connectivity index is -0.000000102. The summed E-state index contributed by atoms with van der Waals surface area (Å²) in [6.07, 6.45) is 4.87. The van der Waals surface area contributed by atoms with Gasteiger partial charge in [-0.05, 0) is 11.6 Å². The maximum atomic E-state index is 10.2. The van der Waals surface area contributed by atoms with Crippen molar-refractivity contribution >= 4 is 22.4 Å². The molecule has 0 saturated carbocycles. The van der Waals surface area contributed by atoms with Crippen molar-refractivity contribution in [1.82, 2.24) is 6.15 Å². The number of hydrogen-bond donors (Lipinski definition) is 7. The van der Waals surface area contributed by atoms with Crippen molar-refractivity contribution in [2.24, 2.45) is 0 Å². The molecule has 10 nitrogen and oxygen atoms in total. The maximum absolute atomic E-state index is 10.2. The summed E-state index contributed by atoms with van der Waals surface area (Å²) in [6.45, 7) is 3.52. The number of carboxylic acids is 1. The Labute approximate surface area is 158 Å². The van der Waals surface area contributed by atoms with Gasteiger partial charge in [0.25, 0.3) is 7.82 Å². The quantitative estimate of drug-likeness (QED) is 0.178. The summed E-state index contributed by atoms with van der Waals surface area (Å²) in [5, 5.41) is 8.41. The van der Waals surface area contributed by atoms with Crippen LogP contribution < -0.4 is 62.4 Å². The van der Waals surface area contributed by atoms with Gasteiger partial charge in [0.05, 0.1) is 5.57 Å². The molecule has 0 aromatic heterocycles. The third-order valence-electron chi connectivity index (χ3n) is 1.14. The van der Waals surface area contributed by atoms with E-state index in [9.17, 15) is 4.79 Å². The van der Waals surface area contributed by atoms with E-state index in [1.807, 2.05) is 0 Å². The van der Waals surface area contributed by atoms with Crippen LogP contribution in [0.5, 0.6) is 0 Å². The fraction of sp³-hybridized carbons (Fsp3) is 0. The molecule has 1 aliphatic rings. The molecule has 9 N–H and O–H groups in total. The average molecular weight is 357 g/mol. The number of allylic oxidation sites excluding steroid dienone is 3. The Morgan fingerprint density at radius 2 is 1.60 bits per heavy atom. The summed E-state index contributed by atoms with van der Waals surface area (Å²) in [5.41, 5.74) is 0.859. The van der Waals surface area contributed by atoms with E-state index < -0.39 is 22.4 Å². The Morgan fingerprint density at radius 3 is 1.70 bits per heavy atom. The van der Waals surface area contributed by atoms with Gasteiger partial charge in [-0.2, -0.15) is 0 Å². The van der Waals surface area contributed by atoms with Gasteiger partial charge in [-0.1, -0.05) is 18.7 Å². The molecule has 1 rings (SSSR count). The van der Waals surface area contributed by atoms with Gasteiger partial charge in [0.2, 0.25) is 0 Å². The van der Waals surface area contributed by atoms with Crippen molar-refractivity contribution in [3.63, 3.8) is 0 Å². The van der Waals surface area contributed by atoms with Crippen LogP contribution in [0.2, 0.25) is 0 Å². The fourth-order valence-corrected chi connectivity index (χ4v) is 0.666. The molecular weight excluding hydrogens is 343 g/mol. The third kappa shape index (κ3) is 27.1. The van der Waals surface area contributed by atoms with Crippen LogP contribution in [0.15, 0.2) is 36.0 Å². The molecule has 0 bridgehead atoms. The van der Waals surface area contributed by atoms with Gasteiger partial charge in [-0.15, -0.1) is 0 Å². The van der Waals surface area contributed by atoms with Crippen molar-refractivity contribution in [3.05, 3.63) is 36.0 Å². The number of aliphatic carboxylic acids is 1. The predicted octanol–water partition coefficient (Wildman–Crippen LogP) is -4.08. The van der Waals surface area contributed by atoms with Gasteiger partial charge in [-0.25, -0.2) is 4.79 Å². The van der Waals surface area contributed by atoms with Crippen molar-refractivity contribution in [1.29, 1.82) is 0 Å². The molecule has 0 saturated heterocycles. The predicted molar refractivity (Wildman–Crippen MR) is 64.6 cm³/mol. The van der Waals surface area contributed by atoms with Gasteiger partial charge in [0, 0.05) is 0 Å². The summed E-state index contributed by atoms with van der Waals surface area (Å²) in [4.78, 5) is 54.9. The van der Waals surface area contributed by atoms with E-state index in [4.69, 9.17) is 39.0 Å². The fourth-order valence-electron chi connectivity index (χ4n) is 0.666. The van der Waals surface area contributed by atoms with Gasteiger partial charge < -0.3 is 40.6 Å². The second kappa shape index (κ2) is 14.6. The van der Waals surface area contributed by atoms with Crippen molar-refractivity contribution in [3.8, 4) is 0 Å². The minimum atomic E-state index is -4.89. The van der Waals surface area contributed by atoms with Crippen LogP contribution in [0.1, 0.15) is 0 Å². The Hall–Kier alpha value is 0.706. The normalized spacial score (nSPS) is 11.9. The van der Waals surface area contributed by atoms with E-state index in [0.29, 0.717) is 5.57 Å². The number of rotatable bonds is 1. The number of phosphoric acid groups is 1. The molecule has 0 unspecified atom stereocenters. The summed E-state index contributed by atoms with van der Waals surface area (Å²) >= 11 is 0. The Morgan fingerprint density at radius 1 is 1.30 bits per heavy atom. The minimum Gasteiger partial charge on any atom is -0.756 e. The molecule has 0 spiro atoms. The van der Waals surface area contributed by atoms with E-state index in [2.05, 4.69) is 6.58 Å². The standard InChI is InChI=1S/C7H6O2.K.H3N.H3O4P.H3O3P/c1-5-3-2-4-6(5)7(8)9;;;1-5(2,3)4;1-4(2)3/h2-4H,1H2,(H,8,9);;1H3;(H3,1,2,3,4);1-3H/q;+1;;;/p-1. The molecule has 0 aliphatic heterocycles. The number of carbonyl (C=O) groups is 1. The van der Waals surface area contributed by atoms with Gasteiger partial charge in [-0.3, -0.25) is 4.57 Å². The zero-order valence-electron chi connectivity index (χ0n) is 10.4. The first-order valence-electron chi connectivity index (χ1n) is 3.89. The zero-order valence-corrected chi connectivity index (χ0v) is 15.4. The molecule has 0 aromatic carbocycles. The van der Waals surface area contributed by atoms with Crippen LogP contribution in [-0.2, 0) is 9.36 Å². The van der Waals surface area contributed by atoms with Gasteiger partial charge in [0.15, 0.2) is 0 Å². The minimum absolute atomic E-state index is 0. The summed E-state index contributed by atoms with van der Waals surface area (Å²) < 4.78 is 8.77. The monoisotopic (exact) mass is 357 g/mol. The average Bonchev–Trinajstić information content (AvgIpc) is 2.46. The Bertz CT molecular complexity index is 392. The largest absolute Gasteiger partial charge is 1.00 e. The molecule has 0 radical (unpaired) electrons. The van der Waals surface area contributed by atoms with Crippen molar-refractivity contribution in [2.75, 3.05) is 0 Å². The SMILES string of the molecule is C=C1C=CC=C1C(=O)O.N.O=P([O-])(O)O.OP(O)O.[K+]. The van der Waals surface area contributed by atoms with Crippen LogP contribution >= 0.6 is 16.4 Å². The summed E-state index contributed by atoms with van der Waals surface area (Å²) in [5.74, 6) is -0.912. The molecule has 0 heterocycles. The van der Waals surface area contributed by atoms with Crippen LogP contribution in [0.3, 0.4) is 0 Å². The van der Waals surface area contributed by atoms with E-state index >= 15 is 0 Å². The summed E-state index contributed by atoms with van der Waals surface area (Å²) in [7, 11) is -7.51. The maximum Gasteiger partial charge on any atom is 1.00 e. The van der Waals surface area contributed by atoms with Crippen LogP contribution in [-0.4, -0.2) is 35.5 Å². The first-order chi connectivity index (χ1) is 7.95.